The molecule has 3 atom stereocenters. The standard InChI is InChI=1S/C15H24N2O6S/c18-8-10-22-9-7-16-24(20,21)17-15(19)23-11-14-12-5-3-1-2-4-6-13(12)14/h12-14,16,18H,3-11H2,(H,17,19)/t12-,13+,14-. The highest BCUT2D eigenvalue weighted by molar-refractivity contribution is 7.88. The summed E-state index contributed by atoms with van der Waals surface area (Å²) in [5.74, 6) is 7.59. The number of amides is 1. The molecule has 0 bridgehead atoms. The van der Waals surface area contributed by atoms with Gasteiger partial charge in [0.05, 0.1) is 26.4 Å². The van der Waals surface area contributed by atoms with E-state index in [-0.39, 0.29) is 33.0 Å². The molecule has 24 heavy (non-hydrogen) atoms. The van der Waals surface area contributed by atoms with Gasteiger partial charge in [-0.25, -0.2) is 9.52 Å². The number of ether oxygens (including phenoxy) is 2. The zero-order valence-electron chi connectivity index (χ0n) is 13.5. The van der Waals surface area contributed by atoms with Gasteiger partial charge in [0.25, 0.3) is 0 Å². The fourth-order valence-electron chi connectivity index (χ4n) is 3.04. The van der Waals surface area contributed by atoms with Crippen molar-refractivity contribution >= 4 is 16.3 Å². The fraction of sp³-hybridized carbons (Fsp3) is 0.800. The zero-order chi connectivity index (χ0) is 17.4. The number of rotatable bonds is 9. The Morgan fingerprint density at radius 2 is 1.83 bits per heavy atom. The van der Waals surface area contributed by atoms with Crippen molar-refractivity contribution in [1.82, 2.24) is 9.44 Å². The number of nitrogens with one attached hydrogen (secondary N) is 2. The summed E-state index contributed by atoms with van der Waals surface area (Å²) >= 11 is 0. The van der Waals surface area contributed by atoms with Gasteiger partial charge in [-0.05, 0) is 30.6 Å². The van der Waals surface area contributed by atoms with Crippen LogP contribution >= 0.6 is 0 Å². The van der Waals surface area contributed by atoms with Gasteiger partial charge in [-0.1, -0.05) is 0 Å². The Kier molecular flexibility index (Phi) is 7.30. The van der Waals surface area contributed by atoms with E-state index >= 15 is 0 Å². The molecule has 1 saturated carbocycles. The van der Waals surface area contributed by atoms with E-state index in [9.17, 15) is 13.2 Å². The first kappa shape index (κ1) is 19.0. The monoisotopic (exact) mass is 360 g/mol. The Morgan fingerprint density at radius 3 is 2.46 bits per heavy atom. The highest BCUT2D eigenvalue weighted by Gasteiger charge is 2.49. The van der Waals surface area contributed by atoms with Gasteiger partial charge in [0, 0.05) is 19.4 Å². The minimum Gasteiger partial charge on any atom is -0.449 e. The lowest BCUT2D eigenvalue weighted by molar-refractivity contribution is 0.0961. The molecule has 9 heteroatoms. The van der Waals surface area contributed by atoms with Crippen molar-refractivity contribution in [2.24, 2.45) is 17.8 Å². The summed E-state index contributed by atoms with van der Waals surface area (Å²) in [5, 5.41) is 8.52. The molecule has 2 rings (SSSR count). The minimum absolute atomic E-state index is 0.00458. The van der Waals surface area contributed by atoms with Crippen LogP contribution in [0.3, 0.4) is 0 Å². The third-order valence-corrected chi connectivity index (χ3v) is 5.26. The molecule has 2 aliphatic carbocycles. The number of hydrogen-bond acceptors (Lipinski definition) is 6. The second kappa shape index (κ2) is 9.22. The number of aliphatic hydroxyl groups excluding tert-OH is 1. The Hall–Kier alpha value is -1.34. The summed E-state index contributed by atoms with van der Waals surface area (Å²) in [5.41, 5.74) is 0. The number of carbonyl (C=O) groups excluding carboxylic acids is 1. The third kappa shape index (κ3) is 6.28. The van der Waals surface area contributed by atoms with Gasteiger partial charge >= 0.3 is 16.3 Å². The van der Waals surface area contributed by atoms with E-state index in [1.807, 2.05) is 0 Å². The Balaban J connectivity index is 1.62. The highest BCUT2D eigenvalue weighted by Crippen LogP contribution is 2.52. The quantitative estimate of drug-likeness (QED) is 0.394. The molecule has 8 nitrogen and oxygen atoms in total. The summed E-state index contributed by atoms with van der Waals surface area (Å²) in [6.45, 7) is 0.328. The molecule has 0 aromatic heterocycles. The SMILES string of the molecule is O=C(NS(=O)(=O)NCCOCCO)OC[C@@H]1[C@@H]2CCC#CCC[C@@H]21. The zero-order valence-corrected chi connectivity index (χ0v) is 14.3. The molecule has 0 aromatic carbocycles. The average Bonchev–Trinajstić information content (AvgIpc) is 3.14. The van der Waals surface area contributed by atoms with E-state index in [1.165, 1.54) is 0 Å². The number of fused-ring (bicyclic) bond motifs is 1. The van der Waals surface area contributed by atoms with E-state index < -0.39 is 16.3 Å². The van der Waals surface area contributed by atoms with Crippen molar-refractivity contribution < 1.29 is 27.8 Å². The first-order valence-electron chi connectivity index (χ1n) is 8.12. The van der Waals surface area contributed by atoms with Crippen molar-refractivity contribution in [3.8, 4) is 11.8 Å². The molecular weight excluding hydrogens is 336 g/mol. The lowest BCUT2D eigenvalue weighted by atomic mass is 10.1. The maximum atomic E-state index is 11.6. The molecule has 2 aliphatic rings. The van der Waals surface area contributed by atoms with E-state index in [1.54, 1.807) is 4.72 Å². The van der Waals surface area contributed by atoms with Gasteiger partial charge in [-0.15, -0.1) is 11.8 Å². The van der Waals surface area contributed by atoms with Crippen molar-refractivity contribution in [1.29, 1.82) is 0 Å². The minimum atomic E-state index is -3.97. The van der Waals surface area contributed by atoms with Crippen LogP contribution in [0.5, 0.6) is 0 Å². The maximum Gasteiger partial charge on any atom is 0.421 e. The summed E-state index contributed by atoms with van der Waals surface area (Å²) in [6.07, 6.45) is 2.80. The van der Waals surface area contributed by atoms with Crippen LogP contribution in [-0.4, -0.2) is 52.6 Å². The van der Waals surface area contributed by atoms with Crippen LogP contribution in [0.15, 0.2) is 0 Å². The van der Waals surface area contributed by atoms with E-state index in [0.717, 1.165) is 25.7 Å². The molecule has 1 amide bonds. The van der Waals surface area contributed by atoms with Gasteiger partial charge in [-0.3, -0.25) is 0 Å². The van der Waals surface area contributed by atoms with E-state index in [0.29, 0.717) is 17.8 Å². The Bertz CT molecular complexity index is 565. The molecule has 0 heterocycles. The van der Waals surface area contributed by atoms with Crippen LogP contribution in [0.25, 0.3) is 0 Å². The van der Waals surface area contributed by atoms with Gasteiger partial charge < -0.3 is 14.6 Å². The third-order valence-electron chi connectivity index (χ3n) is 4.24. The maximum absolute atomic E-state index is 11.6. The molecule has 1 fully saturated rings. The Labute approximate surface area is 142 Å². The molecule has 0 unspecified atom stereocenters. The molecular formula is C15H24N2O6S. The van der Waals surface area contributed by atoms with Gasteiger partial charge in [0.1, 0.15) is 0 Å². The van der Waals surface area contributed by atoms with Gasteiger partial charge in [0.2, 0.25) is 0 Å². The van der Waals surface area contributed by atoms with Crippen LogP contribution in [0.2, 0.25) is 0 Å². The molecule has 0 spiro atoms. The van der Waals surface area contributed by atoms with Crippen molar-refractivity contribution in [3.63, 3.8) is 0 Å². The smallest absolute Gasteiger partial charge is 0.421 e. The van der Waals surface area contributed by atoms with E-state index in [2.05, 4.69) is 16.6 Å². The van der Waals surface area contributed by atoms with Crippen LogP contribution in [0.4, 0.5) is 4.79 Å². The second-order valence-electron chi connectivity index (χ2n) is 5.86. The Morgan fingerprint density at radius 1 is 1.17 bits per heavy atom. The first-order chi connectivity index (χ1) is 11.5. The second-order valence-corrected chi connectivity index (χ2v) is 7.36. The van der Waals surface area contributed by atoms with Crippen LogP contribution in [0, 0.1) is 29.6 Å². The molecule has 0 aromatic rings. The predicted octanol–water partition coefficient (Wildman–Crippen LogP) is -0.00450. The number of aliphatic hydroxyl groups is 1. The largest absolute Gasteiger partial charge is 0.449 e. The summed E-state index contributed by atoms with van der Waals surface area (Å²) in [7, 11) is -3.97. The normalized spacial score (nSPS) is 25.5. The lowest BCUT2D eigenvalue weighted by Gasteiger charge is -2.09. The number of hydrogen-bond donors (Lipinski definition) is 3. The van der Waals surface area contributed by atoms with Crippen molar-refractivity contribution in [3.05, 3.63) is 0 Å². The topological polar surface area (TPSA) is 114 Å². The molecule has 0 radical (unpaired) electrons. The molecule has 0 saturated heterocycles. The average molecular weight is 360 g/mol. The van der Waals surface area contributed by atoms with Crippen LogP contribution in [-0.2, 0) is 19.7 Å². The lowest BCUT2D eigenvalue weighted by Crippen LogP contribution is -2.42. The summed E-state index contributed by atoms with van der Waals surface area (Å²) in [4.78, 5) is 11.6. The summed E-state index contributed by atoms with van der Waals surface area (Å²) in [6, 6.07) is 0. The van der Waals surface area contributed by atoms with Gasteiger partial charge in [-0.2, -0.15) is 13.1 Å². The van der Waals surface area contributed by atoms with Crippen molar-refractivity contribution in [2.45, 2.75) is 25.7 Å². The summed E-state index contributed by atoms with van der Waals surface area (Å²) < 4.78 is 37.2. The van der Waals surface area contributed by atoms with Crippen molar-refractivity contribution in [2.75, 3.05) is 33.0 Å². The first-order valence-corrected chi connectivity index (χ1v) is 9.60. The highest BCUT2D eigenvalue weighted by atomic mass is 32.2. The van der Waals surface area contributed by atoms with Crippen LogP contribution < -0.4 is 9.44 Å². The van der Waals surface area contributed by atoms with E-state index in [4.69, 9.17) is 14.6 Å². The molecule has 0 aliphatic heterocycles. The molecule has 3 N–H and O–H groups in total. The predicted molar refractivity (Wildman–Crippen MR) is 86.0 cm³/mol. The number of carbonyl (C=O) groups is 1. The molecule has 136 valence electrons. The fourth-order valence-corrected chi connectivity index (χ4v) is 3.75. The van der Waals surface area contributed by atoms with Crippen LogP contribution in [0.1, 0.15) is 25.7 Å². The van der Waals surface area contributed by atoms with Gasteiger partial charge in [0.15, 0.2) is 0 Å².